The van der Waals surface area contributed by atoms with Gasteiger partial charge in [0, 0.05) is 24.9 Å². The van der Waals surface area contributed by atoms with E-state index in [1.165, 1.54) is 23.1 Å². The van der Waals surface area contributed by atoms with Crippen LogP contribution in [0.15, 0.2) is 35.9 Å². The second-order valence-electron chi connectivity index (χ2n) is 8.73. The van der Waals surface area contributed by atoms with Gasteiger partial charge >= 0.3 is 6.09 Å². The molecule has 1 aliphatic heterocycles. The highest BCUT2D eigenvalue weighted by Crippen LogP contribution is 2.52. The van der Waals surface area contributed by atoms with Crippen molar-refractivity contribution in [3.05, 3.63) is 47.3 Å². The average Bonchev–Trinajstić information content (AvgIpc) is 2.71. The summed E-state index contributed by atoms with van der Waals surface area (Å²) in [6.07, 6.45) is 1.04. The first-order valence-electron chi connectivity index (χ1n) is 9.83. The highest BCUT2D eigenvalue weighted by molar-refractivity contribution is 6.01. The zero-order valence-corrected chi connectivity index (χ0v) is 17.5. The lowest BCUT2D eigenvalue weighted by molar-refractivity contribution is 0.0223. The Morgan fingerprint density at radius 3 is 2.52 bits per heavy atom. The number of benzene rings is 1. The van der Waals surface area contributed by atoms with Gasteiger partial charge in [-0.15, -0.1) is 0 Å². The number of halogens is 1. The molecule has 158 valence electrons. The Morgan fingerprint density at radius 2 is 1.97 bits per heavy atom. The monoisotopic (exact) mass is 419 g/mol. The zero-order valence-electron chi connectivity index (χ0n) is 17.5. The van der Waals surface area contributed by atoms with Gasteiger partial charge in [-0.3, -0.25) is 0 Å². The van der Waals surface area contributed by atoms with E-state index in [1.807, 2.05) is 18.2 Å². The number of amides is 1. The summed E-state index contributed by atoms with van der Waals surface area (Å²) in [5.41, 5.74) is -2.07. The summed E-state index contributed by atoms with van der Waals surface area (Å²) in [7, 11) is 0. The van der Waals surface area contributed by atoms with Crippen molar-refractivity contribution in [1.82, 2.24) is 4.90 Å². The minimum absolute atomic E-state index is 0.0818. The van der Waals surface area contributed by atoms with Gasteiger partial charge in [-0.2, -0.15) is 15.8 Å². The third-order valence-corrected chi connectivity index (χ3v) is 5.65. The Morgan fingerprint density at radius 1 is 1.29 bits per heavy atom. The SMILES string of the molecule is CC(C)(C)OC(=O)N1CC=C2[C@H](C1)[C@H](c1cccc(F)c1)[C@@H](C#N)C(=N)C2(C#N)C#N. The van der Waals surface area contributed by atoms with Crippen LogP contribution in [0.5, 0.6) is 0 Å². The largest absolute Gasteiger partial charge is 0.444 e. The number of hydrogen-bond donors (Lipinski definition) is 1. The van der Waals surface area contributed by atoms with Crippen molar-refractivity contribution in [2.75, 3.05) is 13.1 Å². The van der Waals surface area contributed by atoms with Gasteiger partial charge in [-0.1, -0.05) is 18.2 Å². The smallest absolute Gasteiger partial charge is 0.410 e. The summed E-state index contributed by atoms with van der Waals surface area (Å²) in [6, 6.07) is 11.6. The molecular weight excluding hydrogens is 397 g/mol. The van der Waals surface area contributed by atoms with Gasteiger partial charge in [0.05, 0.1) is 29.8 Å². The van der Waals surface area contributed by atoms with Gasteiger partial charge in [0.1, 0.15) is 11.4 Å². The van der Waals surface area contributed by atoms with Crippen LogP contribution in [0.2, 0.25) is 0 Å². The number of ether oxygens (including phenoxy) is 1. The Labute approximate surface area is 180 Å². The predicted octanol–water partition coefficient (Wildman–Crippen LogP) is 3.91. The molecule has 0 aromatic heterocycles. The lowest BCUT2D eigenvalue weighted by Crippen LogP contribution is -2.53. The van der Waals surface area contributed by atoms with Gasteiger partial charge in [0.25, 0.3) is 0 Å². The fourth-order valence-corrected chi connectivity index (χ4v) is 4.34. The molecule has 1 saturated carbocycles. The topological polar surface area (TPSA) is 125 Å². The van der Waals surface area contributed by atoms with Crippen molar-refractivity contribution in [3.63, 3.8) is 0 Å². The minimum Gasteiger partial charge on any atom is -0.444 e. The van der Waals surface area contributed by atoms with Crippen LogP contribution in [-0.2, 0) is 4.74 Å². The second-order valence-corrected chi connectivity index (χ2v) is 8.73. The zero-order chi connectivity index (χ0) is 23.0. The maximum atomic E-state index is 14.0. The maximum absolute atomic E-state index is 14.0. The molecule has 1 aromatic rings. The number of carbonyl (C=O) groups excluding carboxylic acids is 1. The fourth-order valence-electron chi connectivity index (χ4n) is 4.34. The first kappa shape index (κ1) is 22.0. The van der Waals surface area contributed by atoms with E-state index in [2.05, 4.69) is 0 Å². The van der Waals surface area contributed by atoms with E-state index < -0.39 is 40.7 Å². The van der Waals surface area contributed by atoms with Crippen molar-refractivity contribution in [3.8, 4) is 18.2 Å². The summed E-state index contributed by atoms with van der Waals surface area (Å²) in [4.78, 5) is 14.1. The normalized spacial score (nSPS) is 24.7. The van der Waals surface area contributed by atoms with E-state index >= 15 is 0 Å². The molecule has 1 heterocycles. The van der Waals surface area contributed by atoms with Crippen molar-refractivity contribution in [2.45, 2.75) is 32.3 Å². The molecule has 2 aliphatic rings. The minimum atomic E-state index is -1.89. The third-order valence-electron chi connectivity index (χ3n) is 5.65. The van der Waals surface area contributed by atoms with E-state index in [9.17, 15) is 25.0 Å². The number of fused-ring (bicyclic) bond motifs is 1. The van der Waals surface area contributed by atoms with Crippen LogP contribution in [0, 0.1) is 62.5 Å². The van der Waals surface area contributed by atoms with Gasteiger partial charge in [-0.05, 0) is 44.0 Å². The number of nitriles is 3. The summed E-state index contributed by atoms with van der Waals surface area (Å²) in [5, 5.41) is 38.2. The van der Waals surface area contributed by atoms with Crippen molar-refractivity contribution < 1.29 is 13.9 Å². The Kier molecular flexibility index (Phi) is 5.57. The van der Waals surface area contributed by atoms with Gasteiger partial charge in [0.15, 0.2) is 0 Å². The van der Waals surface area contributed by atoms with Crippen LogP contribution in [-0.4, -0.2) is 35.4 Å². The molecule has 0 spiro atoms. The Hall–Kier alpha value is -3.70. The molecule has 0 bridgehead atoms. The lowest BCUT2D eigenvalue weighted by Gasteiger charge is -2.47. The van der Waals surface area contributed by atoms with E-state index in [1.54, 1.807) is 32.9 Å². The van der Waals surface area contributed by atoms with Crippen molar-refractivity contribution >= 4 is 11.8 Å². The molecule has 1 amide bonds. The molecule has 31 heavy (non-hydrogen) atoms. The Balaban J connectivity index is 2.14. The average molecular weight is 419 g/mol. The molecule has 3 atom stereocenters. The predicted molar refractivity (Wildman–Crippen MR) is 109 cm³/mol. The van der Waals surface area contributed by atoms with Gasteiger partial charge in [-0.25, -0.2) is 9.18 Å². The highest BCUT2D eigenvalue weighted by atomic mass is 19.1. The number of hydrogen-bond acceptors (Lipinski definition) is 6. The van der Waals surface area contributed by atoms with E-state index in [-0.39, 0.29) is 18.8 Å². The summed E-state index contributed by atoms with van der Waals surface area (Å²) in [5.74, 6) is -2.94. The molecule has 1 N–H and O–H groups in total. The molecule has 1 fully saturated rings. The first-order chi connectivity index (χ1) is 14.6. The second kappa shape index (κ2) is 7.85. The third kappa shape index (κ3) is 3.76. The van der Waals surface area contributed by atoms with Crippen LogP contribution in [0.4, 0.5) is 9.18 Å². The van der Waals surface area contributed by atoms with E-state index in [4.69, 9.17) is 10.1 Å². The molecule has 1 aliphatic carbocycles. The first-order valence-corrected chi connectivity index (χ1v) is 9.83. The quantitative estimate of drug-likeness (QED) is 0.691. The van der Waals surface area contributed by atoms with Gasteiger partial charge < -0.3 is 15.0 Å². The van der Waals surface area contributed by atoms with E-state index in [0.29, 0.717) is 11.1 Å². The van der Waals surface area contributed by atoms with Crippen molar-refractivity contribution in [2.24, 2.45) is 17.3 Å². The number of carbonyl (C=O) groups is 1. The maximum Gasteiger partial charge on any atom is 0.410 e. The number of rotatable bonds is 1. The van der Waals surface area contributed by atoms with Crippen LogP contribution in [0.1, 0.15) is 32.3 Å². The molecule has 3 rings (SSSR count). The molecule has 0 radical (unpaired) electrons. The highest BCUT2D eigenvalue weighted by Gasteiger charge is 2.57. The summed E-state index contributed by atoms with van der Waals surface area (Å²) >= 11 is 0. The number of nitrogens with one attached hydrogen (secondary N) is 1. The number of nitrogens with zero attached hydrogens (tertiary/aromatic N) is 4. The fraction of sp³-hybridized carbons (Fsp3) is 0.435. The van der Waals surface area contributed by atoms with Crippen molar-refractivity contribution in [1.29, 1.82) is 21.2 Å². The molecule has 8 heteroatoms. The van der Waals surface area contributed by atoms with Crippen LogP contribution >= 0.6 is 0 Å². The lowest BCUT2D eigenvalue weighted by atomic mass is 9.55. The molecular formula is C23H22FN5O2. The molecule has 0 saturated heterocycles. The Bertz CT molecular complexity index is 1070. The van der Waals surface area contributed by atoms with E-state index in [0.717, 1.165) is 0 Å². The summed E-state index contributed by atoms with van der Waals surface area (Å²) < 4.78 is 19.5. The standard InChI is InChI=1S/C23H22FN5O2/c1-22(2,3)31-21(30)29-8-7-18-17(11-29)19(14-5-4-6-15(24)9-14)16(10-25)20(28)23(18,12-26)13-27/h4-7,9,16-17,19,28H,8,11H2,1-3H3/t16-,17+,19-/m1/s1. The molecule has 1 aromatic carbocycles. The van der Waals surface area contributed by atoms with Crippen LogP contribution in [0.25, 0.3) is 0 Å². The molecule has 7 nitrogen and oxygen atoms in total. The van der Waals surface area contributed by atoms with Crippen LogP contribution in [0.3, 0.4) is 0 Å². The summed E-state index contributed by atoms with van der Waals surface area (Å²) in [6.45, 7) is 5.42. The molecule has 0 unspecified atom stereocenters. The van der Waals surface area contributed by atoms with Gasteiger partial charge in [0.2, 0.25) is 5.41 Å². The van der Waals surface area contributed by atoms with Crippen LogP contribution < -0.4 is 0 Å².